The van der Waals surface area contributed by atoms with Gasteiger partial charge in [0.15, 0.2) is 0 Å². The molecule has 74 valence electrons. The molecule has 13 heavy (non-hydrogen) atoms. The minimum absolute atomic E-state index is 0.402. The van der Waals surface area contributed by atoms with Gasteiger partial charge in [-0.3, -0.25) is 0 Å². The lowest BCUT2D eigenvalue weighted by molar-refractivity contribution is 0.795. The van der Waals surface area contributed by atoms with Crippen molar-refractivity contribution in [3.8, 4) is 0 Å². The lowest BCUT2D eigenvalue weighted by atomic mass is 10.1. The standard InChI is InChI=1S/C12H19Cl/c1-9(2)11(5)7-6-8-12(13)10(3)4/h6-10H,5H2,1-4H3/b7-6-,12-8-. The molecular formula is C12H19Cl. The summed E-state index contributed by atoms with van der Waals surface area (Å²) in [6.45, 7) is 12.3. The van der Waals surface area contributed by atoms with E-state index in [2.05, 4.69) is 34.3 Å². The highest BCUT2D eigenvalue weighted by atomic mass is 35.5. The first kappa shape index (κ1) is 12.5. The van der Waals surface area contributed by atoms with Crippen molar-refractivity contribution in [1.82, 2.24) is 0 Å². The minimum atomic E-state index is 0.402. The van der Waals surface area contributed by atoms with Crippen molar-refractivity contribution < 1.29 is 0 Å². The van der Waals surface area contributed by atoms with E-state index in [-0.39, 0.29) is 0 Å². The second-order valence-electron chi connectivity index (χ2n) is 3.79. The third kappa shape index (κ3) is 5.70. The van der Waals surface area contributed by atoms with Crippen LogP contribution in [0, 0.1) is 11.8 Å². The zero-order valence-corrected chi connectivity index (χ0v) is 9.73. The largest absolute Gasteiger partial charge is 0.0956 e. The average molecular weight is 199 g/mol. The van der Waals surface area contributed by atoms with Gasteiger partial charge in [0.2, 0.25) is 0 Å². The molecule has 0 bridgehead atoms. The Morgan fingerprint density at radius 1 is 1.15 bits per heavy atom. The van der Waals surface area contributed by atoms with Crippen LogP contribution in [-0.4, -0.2) is 0 Å². The Kier molecular flexibility index (Phi) is 5.81. The van der Waals surface area contributed by atoms with E-state index in [4.69, 9.17) is 11.6 Å². The first-order valence-corrected chi connectivity index (χ1v) is 5.05. The van der Waals surface area contributed by atoms with E-state index in [1.54, 1.807) is 0 Å². The molecule has 0 saturated carbocycles. The summed E-state index contributed by atoms with van der Waals surface area (Å²) in [4.78, 5) is 0. The zero-order valence-electron chi connectivity index (χ0n) is 8.97. The van der Waals surface area contributed by atoms with E-state index in [0.717, 1.165) is 10.6 Å². The third-order valence-electron chi connectivity index (χ3n) is 1.86. The van der Waals surface area contributed by atoms with Gasteiger partial charge in [-0.2, -0.15) is 0 Å². The maximum atomic E-state index is 5.96. The maximum Gasteiger partial charge on any atom is 0.0206 e. The average Bonchev–Trinajstić information content (AvgIpc) is 2.03. The minimum Gasteiger partial charge on any atom is -0.0956 e. The van der Waals surface area contributed by atoms with Gasteiger partial charge in [-0.05, 0) is 17.9 Å². The molecule has 0 aliphatic heterocycles. The highest BCUT2D eigenvalue weighted by molar-refractivity contribution is 6.29. The van der Waals surface area contributed by atoms with Crippen LogP contribution < -0.4 is 0 Å². The van der Waals surface area contributed by atoms with Gasteiger partial charge >= 0.3 is 0 Å². The molecule has 0 rings (SSSR count). The molecule has 0 aromatic heterocycles. The van der Waals surface area contributed by atoms with Crippen LogP contribution in [0.4, 0.5) is 0 Å². The molecule has 0 aliphatic carbocycles. The van der Waals surface area contributed by atoms with Crippen molar-refractivity contribution >= 4 is 11.6 Å². The number of hydrogen-bond donors (Lipinski definition) is 0. The molecule has 0 aliphatic rings. The second-order valence-corrected chi connectivity index (χ2v) is 4.23. The van der Waals surface area contributed by atoms with Crippen LogP contribution in [0.2, 0.25) is 0 Å². The van der Waals surface area contributed by atoms with Gasteiger partial charge in [0.05, 0.1) is 0 Å². The Balaban J connectivity index is 4.15. The quantitative estimate of drug-likeness (QED) is 0.583. The third-order valence-corrected chi connectivity index (χ3v) is 2.42. The Morgan fingerprint density at radius 3 is 2.08 bits per heavy atom. The molecule has 0 amide bonds. The van der Waals surface area contributed by atoms with Crippen molar-refractivity contribution in [2.24, 2.45) is 11.8 Å². The van der Waals surface area contributed by atoms with E-state index in [1.807, 2.05) is 18.2 Å². The molecule has 0 unspecified atom stereocenters. The van der Waals surface area contributed by atoms with Gasteiger partial charge < -0.3 is 0 Å². The molecule has 0 spiro atoms. The summed E-state index contributed by atoms with van der Waals surface area (Å²) in [7, 11) is 0. The predicted molar refractivity (Wildman–Crippen MR) is 61.9 cm³/mol. The summed E-state index contributed by atoms with van der Waals surface area (Å²) >= 11 is 5.96. The lowest BCUT2D eigenvalue weighted by Crippen LogP contribution is -1.87. The molecule has 0 aromatic carbocycles. The van der Waals surface area contributed by atoms with Crippen LogP contribution in [0.15, 0.2) is 35.4 Å². The smallest absolute Gasteiger partial charge is 0.0206 e. The van der Waals surface area contributed by atoms with Gasteiger partial charge in [0.1, 0.15) is 0 Å². The zero-order chi connectivity index (χ0) is 10.4. The second kappa shape index (κ2) is 6.04. The van der Waals surface area contributed by atoms with Crippen molar-refractivity contribution in [2.75, 3.05) is 0 Å². The monoisotopic (exact) mass is 198 g/mol. The fourth-order valence-corrected chi connectivity index (χ4v) is 0.721. The molecule has 0 N–H and O–H groups in total. The van der Waals surface area contributed by atoms with Crippen molar-refractivity contribution in [2.45, 2.75) is 27.7 Å². The van der Waals surface area contributed by atoms with Crippen molar-refractivity contribution in [1.29, 1.82) is 0 Å². The van der Waals surface area contributed by atoms with Crippen LogP contribution >= 0.6 is 11.6 Å². The van der Waals surface area contributed by atoms with Crippen LogP contribution in [0.1, 0.15) is 27.7 Å². The van der Waals surface area contributed by atoms with Crippen molar-refractivity contribution in [3.63, 3.8) is 0 Å². The molecule has 0 heterocycles. The fraction of sp³-hybridized carbons (Fsp3) is 0.500. The summed E-state index contributed by atoms with van der Waals surface area (Å²) in [5, 5.41) is 0.882. The Hall–Kier alpha value is -0.490. The van der Waals surface area contributed by atoms with Crippen LogP contribution in [-0.2, 0) is 0 Å². The highest BCUT2D eigenvalue weighted by Crippen LogP contribution is 2.14. The van der Waals surface area contributed by atoms with Crippen LogP contribution in [0.25, 0.3) is 0 Å². The van der Waals surface area contributed by atoms with Crippen molar-refractivity contribution in [3.05, 3.63) is 35.4 Å². The number of hydrogen-bond acceptors (Lipinski definition) is 0. The normalized spacial score (nSPS) is 13.3. The number of rotatable bonds is 4. The molecule has 0 nitrogen and oxygen atoms in total. The summed E-state index contributed by atoms with van der Waals surface area (Å²) in [5.41, 5.74) is 1.13. The molecule has 1 heteroatoms. The van der Waals surface area contributed by atoms with E-state index in [0.29, 0.717) is 11.8 Å². The van der Waals surface area contributed by atoms with Gasteiger partial charge in [-0.15, -0.1) is 0 Å². The predicted octanol–water partition coefficient (Wildman–Crippen LogP) is 4.53. The van der Waals surface area contributed by atoms with Gasteiger partial charge in [-0.1, -0.05) is 63.6 Å². The summed E-state index contributed by atoms with van der Waals surface area (Å²) in [6, 6.07) is 0. The Bertz CT molecular complexity index is 219. The molecule has 0 atom stereocenters. The molecule has 0 radical (unpaired) electrons. The summed E-state index contributed by atoms with van der Waals surface area (Å²) in [6.07, 6.45) is 5.90. The van der Waals surface area contributed by atoms with Gasteiger partial charge in [0, 0.05) is 5.03 Å². The van der Waals surface area contributed by atoms with E-state index >= 15 is 0 Å². The topological polar surface area (TPSA) is 0 Å². The lowest BCUT2D eigenvalue weighted by Gasteiger charge is -2.02. The molecular weight excluding hydrogens is 180 g/mol. The van der Waals surface area contributed by atoms with Gasteiger partial charge in [-0.25, -0.2) is 0 Å². The first-order valence-electron chi connectivity index (χ1n) is 4.67. The fourth-order valence-electron chi connectivity index (χ4n) is 0.649. The molecule has 0 saturated heterocycles. The Labute approximate surface area is 87.0 Å². The maximum absolute atomic E-state index is 5.96. The molecule has 0 fully saturated rings. The first-order chi connectivity index (χ1) is 5.95. The highest BCUT2D eigenvalue weighted by Gasteiger charge is 1.96. The SMILES string of the molecule is C=C(/C=C\C=C(/Cl)C(C)C)C(C)C. The molecule has 0 aromatic rings. The van der Waals surface area contributed by atoms with E-state index < -0.39 is 0 Å². The number of halogens is 1. The van der Waals surface area contributed by atoms with Gasteiger partial charge in [0.25, 0.3) is 0 Å². The van der Waals surface area contributed by atoms with E-state index in [1.165, 1.54) is 0 Å². The number of allylic oxidation sites excluding steroid dienone is 5. The Morgan fingerprint density at radius 2 is 1.69 bits per heavy atom. The summed E-state index contributed by atoms with van der Waals surface area (Å²) < 4.78 is 0. The van der Waals surface area contributed by atoms with Crippen LogP contribution in [0.5, 0.6) is 0 Å². The van der Waals surface area contributed by atoms with Crippen LogP contribution in [0.3, 0.4) is 0 Å². The summed E-state index contributed by atoms with van der Waals surface area (Å²) in [5.74, 6) is 0.904. The van der Waals surface area contributed by atoms with E-state index in [9.17, 15) is 0 Å².